The van der Waals surface area contributed by atoms with E-state index < -0.39 is 0 Å². The van der Waals surface area contributed by atoms with Gasteiger partial charge in [-0.15, -0.1) is 24.0 Å². The van der Waals surface area contributed by atoms with Gasteiger partial charge in [0.15, 0.2) is 5.96 Å². The minimum absolute atomic E-state index is 0. The van der Waals surface area contributed by atoms with Gasteiger partial charge in [-0.25, -0.2) is 4.99 Å². The van der Waals surface area contributed by atoms with E-state index in [1.807, 2.05) is 55.9 Å². The highest BCUT2D eigenvalue weighted by Crippen LogP contribution is 2.13. The van der Waals surface area contributed by atoms with Crippen LogP contribution in [0.15, 0.2) is 35.3 Å². The summed E-state index contributed by atoms with van der Waals surface area (Å²) in [7, 11) is 1.93. The maximum absolute atomic E-state index is 5.87. The predicted octanol–water partition coefficient (Wildman–Crippen LogP) is 2.58. The number of guanidine groups is 1. The molecule has 0 atom stereocenters. The lowest BCUT2D eigenvalue weighted by Crippen LogP contribution is -2.22. The maximum atomic E-state index is 5.87. The lowest BCUT2D eigenvalue weighted by atomic mass is 10.2. The number of aromatic nitrogens is 2. The molecule has 6 heteroatoms. The molecule has 0 aliphatic rings. The second-order valence-electron chi connectivity index (χ2n) is 4.47. The molecule has 2 rings (SSSR count). The van der Waals surface area contributed by atoms with E-state index in [-0.39, 0.29) is 24.0 Å². The van der Waals surface area contributed by atoms with Gasteiger partial charge in [0.2, 0.25) is 0 Å². The van der Waals surface area contributed by atoms with E-state index in [1.54, 1.807) is 0 Å². The first-order valence-electron chi connectivity index (χ1n) is 6.19. The van der Waals surface area contributed by atoms with Gasteiger partial charge >= 0.3 is 0 Å². The highest BCUT2D eigenvalue weighted by molar-refractivity contribution is 14.0. The predicted molar refractivity (Wildman–Crippen MR) is 93.5 cm³/mol. The molecule has 1 aromatic heterocycles. The number of nitrogens with two attached hydrogens (primary N) is 1. The minimum atomic E-state index is 0. The molecule has 0 saturated heterocycles. The smallest absolute Gasteiger partial charge is 0.193 e. The van der Waals surface area contributed by atoms with Crippen LogP contribution in [0.25, 0.3) is 0 Å². The van der Waals surface area contributed by atoms with Gasteiger partial charge in [0.1, 0.15) is 0 Å². The molecule has 5 nitrogen and oxygen atoms in total. The second kappa shape index (κ2) is 7.28. The summed E-state index contributed by atoms with van der Waals surface area (Å²) >= 11 is 0. The van der Waals surface area contributed by atoms with Crippen LogP contribution in [-0.4, -0.2) is 15.7 Å². The van der Waals surface area contributed by atoms with Crippen molar-refractivity contribution < 1.29 is 0 Å². The zero-order valence-corrected chi connectivity index (χ0v) is 14.3. The summed E-state index contributed by atoms with van der Waals surface area (Å²) in [4.78, 5) is 4.35. The van der Waals surface area contributed by atoms with Gasteiger partial charge in [-0.3, -0.25) is 4.68 Å². The van der Waals surface area contributed by atoms with Crippen LogP contribution in [0, 0.1) is 13.8 Å². The molecular formula is C14H20IN5. The van der Waals surface area contributed by atoms with E-state index in [0.717, 1.165) is 22.6 Å². The van der Waals surface area contributed by atoms with Crippen molar-refractivity contribution in [2.24, 2.45) is 17.8 Å². The van der Waals surface area contributed by atoms with Crippen LogP contribution < -0.4 is 11.1 Å². The molecule has 1 aromatic carbocycles. The highest BCUT2D eigenvalue weighted by Gasteiger charge is 2.08. The number of rotatable bonds is 3. The SMILES string of the molecule is Cc1nn(C)c(C)c1CN=C(N)Nc1ccccc1.I. The minimum Gasteiger partial charge on any atom is -0.370 e. The first-order valence-corrected chi connectivity index (χ1v) is 6.19. The number of nitrogens with one attached hydrogen (secondary N) is 1. The number of aliphatic imine (C=N–C) groups is 1. The first kappa shape index (κ1) is 16.5. The van der Waals surface area contributed by atoms with Gasteiger partial charge in [-0.1, -0.05) is 18.2 Å². The average Bonchev–Trinajstić information content (AvgIpc) is 2.62. The third-order valence-corrected chi connectivity index (χ3v) is 3.11. The number of hydrogen-bond acceptors (Lipinski definition) is 2. The van der Waals surface area contributed by atoms with Crippen LogP contribution in [0.3, 0.4) is 0 Å². The summed E-state index contributed by atoms with van der Waals surface area (Å²) in [6, 6.07) is 9.75. The summed E-state index contributed by atoms with van der Waals surface area (Å²) in [5.74, 6) is 0.411. The highest BCUT2D eigenvalue weighted by atomic mass is 127. The molecule has 20 heavy (non-hydrogen) atoms. The molecule has 0 aliphatic carbocycles. The van der Waals surface area contributed by atoms with E-state index in [1.165, 1.54) is 0 Å². The summed E-state index contributed by atoms with van der Waals surface area (Å²) < 4.78 is 1.86. The number of benzene rings is 1. The van der Waals surface area contributed by atoms with Crippen LogP contribution >= 0.6 is 24.0 Å². The molecular weight excluding hydrogens is 365 g/mol. The molecule has 108 valence electrons. The van der Waals surface area contributed by atoms with E-state index in [9.17, 15) is 0 Å². The van der Waals surface area contributed by atoms with Crippen LogP contribution in [0.2, 0.25) is 0 Å². The maximum Gasteiger partial charge on any atom is 0.193 e. The van der Waals surface area contributed by atoms with Gasteiger partial charge in [-0.2, -0.15) is 5.10 Å². The molecule has 1 heterocycles. The Hall–Kier alpha value is -1.57. The summed E-state index contributed by atoms with van der Waals surface area (Å²) in [6.45, 7) is 4.56. The van der Waals surface area contributed by atoms with Crippen molar-refractivity contribution in [3.8, 4) is 0 Å². The third kappa shape index (κ3) is 3.96. The molecule has 0 bridgehead atoms. The fourth-order valence-corrected chi connectivity index (χ4v) is 1.92. The number of nitrogens with zero attached hydrogens (tertiary/aromatic N) is 3. The van der Waals surface area contributed by atoms with Gasteiger partial charge in [0.25, 0.3) is 0 Å². The summed E-state index contributed by atoms with van der Waals surface area (Å²) in [5, 5.41) is 7.42. The standard InChI is InChI=1S/C14H19N5.HI/c1-10-13(11(2)19(3)18-10)9-16-14(15)17-12-7-5-4-6-8-12;/h4-8H,9H2,1-3H3,(H3,15,16,17);1H. The number of aryl methyl sites for hydroxylation is 2. The molecule has 0 radical (unpaired) electrons. The lowest BCUT2D eigenvalue weighted by Gasteiger charge is -2.05. The Balaban J connectivity index is 0.00000200. The second-order valence-corrected chi connectivity index (χ2v) is 4.47. The van der Waals surface area contributed by atoms with Crippen molar-refractivity contribution in [3.05, 3.63) is 47.3 Å². The molecule has 0 saturated carbocycles. The third-order valence-electron chi connectivity index (χ3n) is 3.11. The Bertz CT molecular complexity index is 589. The topological polar surface area (TPSA) is 68.2 Å². The molecule has 0 amide bonds. The largest absolute Gasteiger partial charge is 0.370 e. The Labute approximate surface area is 136 Å². The molecule has 3 N–H and O–H groups in total. The average molecular weight is 385 g/mol. The van der Waals surface area contributed by atoms with E-state index in [0.29, 0.717) is 12.5 Å². The Kier molecular flexibility index (Phi) is 6.00. The van der Waals surface area contributed by atoms with Crippen molar-refractivity contribution in [2.75, 3.05) is 5.32 Å². The number of para-hydroxylation sites is 1. The number of halogens is 1. The zero-order valence-electron chi connectivity index (χ0n) is 11.9. The summed E-state index contributed by atoms with van der Waals surface area (Å²) in [6.07, 6.45) is 0. The van der Waals surface area contributed by atoms with E-state index in [4.69, 9.17) is 5.73 Å². The van der Waals surface area contributed by atoms with Gasteiger partial charge < -0.3 is 11.1 Å². The summed E-state index contributed by atoms with van der Waals surface area (Å²) in [5.41, 5.74) is 10.0. The fourth-order valence-electron chi connectivity index (χ4n) is 1.92. The van der Waals surface area contributed by atoms with E-state index >= 15 is 0 Å². The number of anilines is 1. The van der Waals surface area contributed by atoms with Crippen molar-refractivity contribution >= 4 is 35.6 Å². The molecule has 2 aromatic rings. The van der Waals surface area contributed by atoms with Gasteiger partial charge in [-0.05, 0) is 26.0 Å². The molecule has 0 spiro atoms. The van der Waals surface area contributed by atoms with Crippen molar-refractivity contribution in [1.29, 1.82) is 0 Å². The van der Waals surface area contributed by atoms with Gasteiger partial charge in [0.05, 0.1) is 12.2 Å². The Morgan fingerprint density at radius 1 is 1.30 bits per heavy atom. The zero-order chi connectivity index (χ0) is 13.8. The molecule has 0 aliphatic heterocycles. The monoisotopic (exact) mass is 385 g/mol. The van der Waals surface area contributed by atoms with Crippen LogP contribution in [0.4, 0.5) is 5.69 Å². The van der Waals surface area contributed by atoms with Crippen molar-refractivity contribution in [2.45, 2.75) is 20.4 Å². The van der Waals surface area contributed by atoms with Crippen molar-refractivity contribution in [3.63, 3.8) is 0 Å². The van der Waals surface area contributed by atoms with E-state index in [2.05, 4.69) is 15.4 Å². The van der Waals surface area contributed by atoms with Gasteiger partial charge in [0, 0.05) is 24.0 Å². The molecule has 0 unspecified atom stereocenters. The Morgan fingerprint density at radius 2 is 1.95 bits per heavy atom. The lowest BCUT2D eigenvalue weighted by molar-refractivity contribution is 0.730. The van der Waals surface area contributed by atoms with Crippen LogP contribution in [-0.2, 0) is 13.6 Å². The first-order chi connectivity index (χ1) is 9.08. The fraction of sp³-hybridized carbons (Fsp3) is 0.286. The normalized spacial score (nSPS) is 11.1. The number of hydrogen-bond donors (Lipinski definition) is 2. The molecule has 0 fully saturated rings. The van der Waals surface area contributed by atoms with Crippen LogP contribution in [0.1, 0.15) is 17.0 Å². The van der Waals surface area contributed by atoms with Crippen LogP contribution in [0.5, 0.6) is 0 Å². The Morgan fingerprint density at radius 3 is 2.50 bits per heavy atom. The van der Waals surface area contributed by atoms with Crippen molar-refractivity contribution in [1.82, 2.24) is 9.78 Å². The quantitative estimate of drug-likeness (QED) is 0.485.